The van der Waals surface area contributed by atoms with Crippen molar-refractivity contribution in [1.82, 2.24) is 10.3 Å². The second-order valence-electron chi connectivity index (χ2n) is 8.06. The highest BCUT2D eigenvalue weighted by atomic mass is 35.5. The number of halogens is 1. The van der Waals surface area contributed by atoms with Crippen LogP contribution < -0.4 is 25.4 Å². The Balaban J connectivity index is 1.72. The molecule has 34 heavy (non-hydrogen) atoms. The van der Waals surface area contributed by atoms with E-state index in [-0.39, 0.29) is 5.91 Å². The molecule has 0 fully saturated rings. The van der Waals surface area contributed by atoms with Crippen molar-refractivity contribution in [1.29, 1.82) is 0 Å². The van der Waals surface area contributed by atoms with Crippen LogP contribution in [0, 0.1) is 0 Å². The molecule has 1 atom stereocenters. The zero-order valence-electron chi connectivity index (χ0n) is 19.6. The van der Waals surface area contributed by atoms with Crippen LogP contribution in [-0.2, 0) is 4.79 Å². The SMILES string of the molecule is CCCCCCCSC1=NN2C(=c3ccccc3=N[C@H]2c2cc(OC)c(OC)cc2Cl)C(=O)N1. The summed E-state index contributed by atoms with van der Waals surface area (Å²) in [7, 11) is 3.13. The van der Waals surface area contributed by atoms with Crippen LogP contribution in [0.15, 0.2) is 46.5 Å². The summed E-state index contributed by atoms with van der Waals surface area (Å²) in [6.07, 6.45) is 5.33. The number of thioether (sulfide) groups is 1. The van der Waals surface area contributed by atoms with E-state index < -0.39 is 6.17 Å². The van der Waals surface area contributed by atoms with Gasteiger partial charge in [0.05, 0.1) is 24.6 Å². The molecule has 0 saturated carbocycles. The first-order chi connectivity index (χ1) is 16.6. The molecule has 0 unspecified atom stereocenters. The van der Waals surface area contributed by atoms with E-state index in [1.54, 1.807) is 43.1 Å². The molecule has 0 aliphatic carbocycles. The van der Waals surface area contributed by atoms with E-state index in [1.165, 1.54) is 25.7 Å². The van der Waals surface area contributed by atoms with Crippen LogP contribution in [0.4, 0.5) is 0 Å². The van der Waals surface area contributed by atoms with Gasteiger partial charge in [-0.3, -0.25) is 15.1 Å². The average Bonchev–Trinajstić information content (AvgIpc) is 2.85. The largest absolute Gasteiger partial charge is 0.493 e. The van der Waals surface area contributed by atoms with E-state index in [0.717, 1.165) is 17.4 Å². The van der Waals surface area contributed by atoms with Gasteiger partial charge in [-0.05, 0) is 18.6 Å². The van der Waals surface area contributed by atoms with Crippen molar-refractivity contribution < 1.29 is 14.3 Å². The number of hydrogen-bond acceptors (Lipinski definition) is 7. The van der Waals surface area contributed by atoms with Gasteiger partial charge in [0.15, 0.2) is 22.8 Å². The number of nitrogens with zero attached hydrogens (tertiary/aromatic N) is 3. The lowest BCUT2D eigenvalue weighted by atomic mass is 10.1. The maximum Gasteiger partial charge on any atom is 0.276 e. The Bertz CT molecular complexity index is 1220. The number of carbonyl (C=O) groups excluding carboxylic acids is 1. The van der Waals surface area contributed by atoms with Crippen molar-refractivity contribution in [3.8, 4) is 11.5 Å². The zero-order valence-corrected chi connectivity index (χ0v) is 21.2. The first kappa shape index (κ1) is 24.4. The zero-order chi connectivity index (χ0) is 24.1. The monoisotopic (exact) mass is 500 g/mol. The second kappa shape index (κ2) is 11.1. The second-order valence-corrected chi connectivity index (χ2v) is 9.55. The van der Waals surface area contributed by atoms with E-state index in [0.29, 0.717) is 38.3 Å². The van der Waals surface area contributed by atoms with Crippen LogP contribution in [0.5, 0.6) is 11.5 Å². The number of rotatable bonds is 9. The number of para-hydroxylation sites is 1. The Morgan fingerprint density at radius 2 is 1.82 bits per heavy atom. The molecule has 0 bridgehead atoms. The number of methoxy groups -OCH3 is 2. The van der Waals surface area contributed by atoms with Crippen LogP contribution in [0.3, 0.4) is 0 Å². The number of nitrogens with one attached hydrogen (secondary N) is 1. The molecule has 0 radical (unpaired) electrons. The van der Waals surface area contributed by atoms with E-state index in [9.17, 15) is 4.79 Å². The summed E-state index contributed by atoms with van der Waals surface area (Å²) >= 11 is 8.21. The van der Waals surface area contributed by atoms with Gasteiger partial charge in [-0.15, -0.1) is 5.10 Å². The molecule has 2 heterocycles. The minimum Gasteiger partial charge on any atom is -0.493 e. The van der Waals surface area contributed by atoms with Crippen molar-refractivity contribution >= 4 is 40.1 Å². The van der Waals surface area contributed by atoms with E-state index in [2.05, 4.69) is 12.2 Å². The molecule has 2 aromatic carbocycles. The summed E-state index contributed by atoms with van der Waals surface area (Å²) in [4.78, 5) is 18.2. The quantitative estimate of drug-likeness (QED) is 0.522. The van der Waals surface area contributed by atoms with Crippen molar-refractivity contribution in [2.45, 2.75) is 45.2 Å². The van der Waals surface area contributed by atoms with Gasteiger partial charge >= 0.3 is 0 Å². The molecule has 2 aromatic rings. The highest BCUT2D eigenvalue weighted by Gasteiger charge is 2.35. The van der Waals surface area contributed by atoms with E-state index >= 15 is 0 Å². The highest BCUT2D eigenvalue weighted by molar-refractivity contribution is 8.13. The molecule has 0 saturated heterocycles. The number of amidine groups is 1. The number of hydrazone groups is 1. The maximum absolute atomic E-state index is 13.3. The minimum atomic E-state index is -0.622. The summed E-state index contributed by atoms with van der Waals surface area (Å²) in [5.41, 5.74) is 1.13. The van der Waals surface area contributed by atoms with Gasteiger partial charge < -0.3 is 9.47 Å². The normalized spacial score (nSPS) is 16.8. The van der Waals surface area contributed by atoms with Gasteiger partial charge in [-0.1, -0.05) is 74.2 Å². The number of ether oxygens (including phenoxy) is 2. The van der Waals surface area contributed by atoms with Crippen LogP contribution in [0.2, 0.25) is 5.02 Å². The third-order valence-electron chi connectivity index (χ3n) is 5.78. The van der Waals surface area contributed by atoms with E-state index in [4.69, 9.17) is 31.2 Å². The molecule has 9 heteroatoms. The van der Waals surface area contributed by atoms with Crippen LogP contribution in [0.25, 0.3) is 5.70 Å². The lowest BCUT2D eigenvalue weighted by Gasteiger charge is -2.34. The predicted octanol–water partition coefficient (Wildman–Crippen LogP) is 4.20. The van der Waals surface area contributed by atoms with Gasteiger partial charge in [0.2, 0.25) is 0 Å². The smallest absolute Gasteiger partial charge is 0.276 e. The lowest BCUT2D eigenvalue weighted by Crippen LogP contribution is -2.50. The summed E-state index contributed by atoms with van der Waals surface area (Å²) in [5.74, 6) is 1.74. The molecule has 2 aliphatic heterocycles. The number of carbonyl (C=O) groups is 1. The lowest BCUT2D eigenvalue weighted by molar-refractivity contribution is -0.116. The molecule has 1 amide bonds. The van der Waals surface area contributed by atoms with Gasteiger partial charge in [0.1, 0.15) is 5.70 Å². The Hall–Kier alpha value is -2.71. The Labute approximate surface area is 208 Å². The number of hydrogen-bond donors (Lipinski definition) is 1. The Morgan fingerprint density at radius 1 is 1.09 bits per heavy atom. The molecule has 4 rings (SSSR count). The minimum absolute atomic E-state index is 0.201. The van der Waals surface area contributed by atoms with Crippen molar-refractivity contribution in [3.05, 3.63) is 57.6 Å². The fraction of sp³-hybridized carbons (Fsp3) is 0.400. The molecule has 0 aromatic heterocycles. The van der Waals surface area contributed by atoms with Gasteiger partial charge in [0.25, 0.3) is 5.91 Å². The first-order valence-electron chi connectivity index (χ1n) is 11.5. The number of unbranched alkanes of at least 4 members (excludes halogenated alkanes) is 4. The number of amides is 1. The molecule has 180 valence electrons. The fourth-order valence-corrected chi connectivity index (χ4v) is 5.14. The summed E-state index contributed by atoms with van der Waals surface area (Å²) in [5, 5.41) is 11.9. The van der Waals surface area contributed by atoms with Gasteiger partial charge in [0, 0.05) is 22.6 Å². The predicted molar refractivity (Wildman–Crippen MR) is 137 cm³/mol. The summed E-state index contributed by atoms with van der Waals surface area (Å²) in [6, 6.07) is 11.1. The summed E-state index contributed by atoms with van der Waals surface area (Å²) in [6.45, 7) is 2.21. The third kappa shape index (κ3) is 5.03. The molecule has 1 N–H and O–H groups in total. The van der Waals surface area contributed by atoms with Crippen LogP contribution in [0.1, 0.15) is 50.8 Å². The van der Waals surface area contributed by atoms with Crippen molar-refractivity contribution in [2.24, 2.45) is 10.1 Å². The average molecular weight is 501 g/mol. The Morgan fingerprint density at radius 3 is 2.59 bits per heavy atom. The molecule has 2 aliphatic rings. The van der Waals surface area contributed by atoms with Gasteiger partial charge in [-0.25, -0.2) is 5.01 Å². The standard InChI is InChI=1S/C25H29ClN4O3S/c1-4-5-6-7-10-13-34-25-28-24(31)22-16-11-8-9-12-19(16)27-23(30(22)29-25)17-14-20(32-2)21(33-3)15-18(17)26/h8-9,11-12,14-15,23H,4-7,10,13H2,1-3H3,(H,28,29,31)/t23-/m1/s1. The fourth-order valence-electron chi connectivity index (χ4n) is 4.04. The molecule has 7 nitrogen and oxygen atoms in total. The highest BCUT2D eigenvalue weighted by Crippen LogP contribution is 2.40. The summed E-state index contributed by atoms with van der Waals surface area (Å²) < 4.78 is 10.9. The van der Waals surface area contributed by atoms with Crippen LogP contribution in [-0.4, -0.2) is 36.1 Å². The molecule has 0 spiro atoms. The maximum atomic E-state index is 13.3. The van der Waals surface area contributed by atoms with Crippen molar-refractivity contribution in [3.63, 3.8) is 0 Å². The van der Waals surface area contributed by atoms with Gasteiger partial charge in [-0.2, -0.15) is 0 Å². The third-order valence-corrected chi connectivity index (χ3v) is 7.06. The molecular weight excluding hydrogens is 472 g/mol. The Kier molecular flexibility index (Phi) is 8.00. The number of fused-ring (bicyclic) bond motifs is 2. The number of benzene rings is 2. The van der Waals surface area contributed by atoms with Crippen LogP contribution >= 0.6 is 23.4 Å². The molecular formula is C25H29ClN4O3S. The van der Waals surface area contributed by atoms with Crippen molar-refractivity contribution in [2.75, 3.05) is 20.0 Å². The first-order valence-corrected chi connectivity index (χ1v) is 12.8. The van der Waals surface area contributed by atoms with E-state index in [1.807, 2.05) is 24.3 Å². The topological polar surface area (TPSA) is 75.5 Å².